The second kappa shape index (κ2) is 8.72. The Balaban J connectivity index is 1.97. The summed E-state index contributed by atoms with van der Waals surface area (Å²) in [4.78, 5) is 0. The van der Waals surface area contributed by atoms with Crippen LogP contribution < -0.4 is 0 Å². The number of ether oxygens (including phenoxy) is 1. The summed E-state index contributed by atoms with van der Waals surface area (Å²) >= 11 is 0. The van der Waals surface area contributed by atoms with Crippen LogP contribution in [0.1, 0.15) is 61.8 Å². The van der Waals surface area contributed by atoms with Crippen molar-refractivity contribution in [1.29, 1.82) is 5.26 Å². The molecule has 2 aromatic carbocycles. The van der Waals surface area contributed by atoms with Crippen molar-refractivity contribution in [3.63, 3.8) is 0 Å². The zero-order valence-corrected chi connectivity index (χ0v) is 15.8. The van der Waals surface area contributed by atoms with Crippen LogP contribution in [-0.4, -0.2) is 6.61 Å². The SMILES string of the molecule is CCCCC(CC)COC(C#N)=C1c2ccccc2Cc2ccccc21. The number of rotatable bonds is 7. The third-order valence-corrected chi connectivity index (χ3v) is 5.29. The fraction of sp³-hybridized carbons (Fsp3) is 0.375. The maximum absolute atomic E-state index is 9.86. The third-order valence-electron chi connectivity index (χ3n) is 5.29. The molecule has 0 amide bonds. The lowest BCUT2D eigenvalue weighted by Crippen LogP contribution is -2.12. The van der Waals surface area contributed by atoms with E-state index in [1.165, 1.54) is 24.0 Å². The number of nitrogens with zero attached hydrogens (tertiary/aromatic N) is 1. The van der Waals surface area contributed by atoms with Gasteiger partial charge in [-0.2, -0.15) is 5.26 Å². The summed E-state index contributed by atoms with van der Waals surface area (Å²) in [6.07, 6.45) is 5.56. The Hall–Kier alpha value is -2.53. The highest BCUT2D eigenvalue weighted by Crippen LogP contribution is 2.38. The number of hydrogen-bond acceptors (Lipinski definition) is 2. The van der Waals surface area contributed by atoms with Crippen molar-refractivity contribution in [1.82, 2.24) is 0 Å². The van der Waals surface area contributed by atoms with E-state index in [1.54, 1.807) is 0 Å². The Morgan fingerprint density at radius 1 is 1.04 bits per heavy atom. The van der Waals surface area contributed by atoms with E-state index in [4.69, 9.17) is 4.74 Å². The van der Waals surface area contributed by atoms with E-state index in [1.807, 2.05) is 12.1 Å². The number of benzene rings is 2. The molecule has 0 radical (unpaired) electrons. The van der Waals surface area contributed by atoms with Crippen LogP contribution in [0.2, 0.25) is 0 Å². The molecule has 0 saturated heterocycles. The third kappa shape index (κ3) is 3.83. The monoisotopic (exact) mass is 345 g/mol. The first-order valence-corrected chi connectivity index (χ1v) is 9.72. The van der Waals surface area contributed by atoms with Crippen molar-refractivity contribution < 1.29 is 4.74 Å². The van der Waals surface area contributed by atoms with Gasteiger partial charge in [0.25, 0.3) is 0 Å². The summed E-state index contributed by atoms with van der Waals surface area (Å²) < 4.78 is 6.11. The van der Waals surface area contributed by atoms with Gasteiger partial charge < -0.3 is 4.74 Å². The molecular formula is C24H27NO. The number of fused-ring (bicyclic) bond motifs is 2. The van der Waals surface area contributed by atoms with Crippen LogP contribution in [-0.2, 0) is 11.2 Å². The van der Waals surface area contributed by atoms with Gasteiger partial charge in [0.15, 0.2) is 0 Å². The summed E-state index contributed by atoms with van der Waals surface area (Å²) in [5.41, 5.74) is 5.73. The molecule has 0 saturated carbocycles. The molecule has 2 nitrogen and oxygen atoms in total. The fourth-order valence-corrected chi connectivity index (χ4v) is 3.69. The van der Waals surface area contributed by atoms with Crippen molar-refractivity contribution in [2.75, 3.05) is 6.61 Å². The summed E-state index contributed by atoms with van der Waals surface area (Å²) in [6.45, 7) is 5.04. The first kappa shape index (κ1) is 18.3. The molecule has 0 N–H and O–H groups in total. The molecule has 0 fully saturated rings. The molecule has 26 heavy (non-hydrogen) atoms. The molecule has 1 aliphatic carbocycles. The van der Waals surface area contributed by atoms with Gasteiger partial charge >= 0.3 is 0 Å². The molecule has 1 atom stereocenters. The van der Waals surface area contributed by atoms with Crippen molar-refractivity contribution in [2.24, 2.45) is 5.92 Å². The number of unbranched alkanes of at least 4 members (excludes halogenated alkanes) is 1. The molecular weight excluding hydrogens is 318 g/mol. The van der Waals surface area contributed by atoms with Gasteiger partial charge in [0.2, 0.25) is 5.76 Å². The summed E-state index contributed by atoms with van der Waals surface area (Å²) in [5, 5.41) is 9.86. The van der Waals surface area contributed by atoms with Gasteiger partial charge in [0.05, 0.1) is 6.61 Å². The Labute approximate surface area is 157 Å². The lowest BCUT2D eigenvalue weighted by molar-refractivity contribution is 0.168. The van der Waals surface area contributed by atoms with Crippen molar-refractivity contribution in [2.45, 2.75) is 46.0 Å². The lowest BCUT2D eigenvalue weighted by Gasteiger charge is -2.24. The molecule has 1 aliphatic rings. The number of hydrogen-bond donors (Lipinski definition) is 0. The largest absolute Gasteiger partial charge is 0.483 e. The van der Waals surface area contributed by atoms with E-state index in [0.29, 0.717) is 18.3 Å². The summed E-state index contributed by atoms with van der Waals surface area (Å²) in [5.74, 6) is 0.965. The Bertz CT molecular complexity index is 781. The molecule has 3 rings (SSSR count). The normalized spacial score (nSPS) is 13.3. The van der Waals surface area contributed by atoms with Crippen LogP contribution in [0.15, 0.2) is 54.3 Å². The predicted octanol–water partition coefficient (Wildman–Crippen LogP) is 6.11. The van der Waals surface area contributed by atoms with Gasteiger partial charge in [-0.25, -0.2) is 0 Å². The second-order valence-electron chi connectivity index (χ2n) is 7.03. The molecule has 1 unspecified atom stereocenters. The van der Waals surface area contributed by atoms with Crippen LogP contribution in [0.5, 0.6) is 0 Å². The topological polar surface area (TPSA) is 33.0 Å². The van der Waals surface area contributed by atoms with Crippen molar-refractivity contribution >= 4 is 5.57 Å². The van der Waals surface area contributed by atoms with E-state index in [9.17, 15) is 5.26 Å². The van der Waals surface area contributed by atoms with Gasteiger partial charge in [-0.1, -0.05) is 81.6 Å². The smallest absolute Gasteiger partial charge is 0.205 e. The second-order valence-corrected chi connectivity index (χ2v) is 7.03. The van der Waals surface area contributed by atoms with Crippen LogP contribution >= 0.6 is 0 Å². The van der Waals surface area contributed by atoms with Crippen LogP contribution in [0.4, 0.5) is 0 Å². The van der Waals surface area contributed by atoms with E-state index in [-0.39, 0.29) is 0 Å². The zero-order chi connectivity index (χ0) is 18.4. The molecule has 0 aliphatic heterocycles. The Kier molecular flexibility index (Phi) is 6.12. The van der Waals surface area contributed by atoms with Crippen molar-refractivity contribution in [3.8, 4) is 6.07 Å². The molecule has 134 valence electrons. The lowest BCUT2D eigenvalue weighted by atomic mass is 9.81. The first-order chi connectivity index (χ1) is 12.8. The minimum absolute atomic E-state index is 0.458. The minimum Gasteiger partial charge on any atom is -0.483 e. The summed E-state index contributed by atoms with van der Waals surface area (Å²) in [7, 11) is 0. The Morgan fingerprint density at radius 3 is 2.19 bits per heavy atom. The molecule has 2 aromatic rings. The highest BCUT2D eigenvalue weighted by atomic mass is 16.5. The van der Waals surface area contributed by atoms with Gasteiger partial charge in [-0.15, -0.1) is 0 Å². The molecule has 0 heterocycles. The average molecular weight is 345 g/mol. The Morgan fingerprint density at radius 2 is 1.65 bits per heavy atom. The standard InChI is InChI=1S/C24H27NO/c1-3-5-10-18(4-2)17-26-23(16-25)24-21-13-8-6-11-19(21)15-20-12-7-9-14-22(20)24/h6-9,11-14,18H,3-5,10,15,17H2,1-2H3. The summed E-state index contributed by atoms with van der Waals surface area (Å²) in [6, 6.07) is 19.1. The molecule has 0 aromatic heterocycles. The number of nitriles is 1. The molecule has 0 bridgehead atoms. The van der Waals surface area contributed by atoms with E-state index in [2.05, 4.69) is 56.3 Å². The average Bonchev–Trinajstić information content (AvgIpc) is 2.69. The number of allylic oxidation sites excluding steroid dienone is 1. The van der Waals surface area contributed by atoms with E-state index >= 15 is 0 Å². The van der Waals surface area contributed by atoms with Crippen molar-refractivity contribution in [3.05, 3.63) is 76.5 Å². The maximum atomic E-state index is 9.86. The van der Waals surface area contributed by atoms with E-state index in [0.717, 1.165) is 36.0 Å². The van der Waals surface area contributed by atoms with E-state index < -0.39 is 0 Å². The highest BCUT2D eigenvalue weighted by Gasteiger charge is 2.24. The van der Waals surface area contributed by atoms with Crippen LogP contribution in [0, 0.1) is 17.2 Å². The first-order valence-electron chi connectivity index (χ1n) is 9.72. The van der Waals surface area contributed by atoms with Crippen LogP contribution in [0.3, 0.4) is 0 Å². The molecule has 0 spiro atoms. The quantitative estimate of drug-likeness (QED) is 0.382. The van der Waals surface area contributed by atoms with Gasteiger partial charge in [0, 0.05) is 5.57 Å². The predicted molar refractivity (Wildman–Crippen MR) is 107 cm³/mol. The van der Waals surface area contributed by atoms with Gasteiger partial charge in [-0.3, -0.25) is 0 Å². The van der Waals surface area contributed by atoms with Gasteiger partial charge in [0.1, 0.15) is 6.07 Å². The highest BCUT2D eigenvalue weighted by molar-refractivity contribution is 5.88. The minimum atomic E-state index is 0.458. The maximum Gasteiger partial charge on any atom is 0.205 e. The zero-order valence-electron chi connectivity index (χ0n) is 15.8. The van der Waals surface area contributed by atoms with Crippen LogP contribution in [0.25, 0.3) is 5.57 Å². The van der Waals surface area contributed by atoms with Gasteiger partial charge in [-0.05, 0) is 41.0 Å². The fourth-order valence-electron chi connectivity index (χ4n) is 3.69. The molecule has 2 heteroatoms.